The molecule has 0 spiro atoms. The SMILES string of the molecule is CCC.COc1ccc2ccc(Cl)cc2c1. The van der Waals surface area contributed by atoms with Crippen LogP contribution in [0.2, 0.25) is 5.02 Å². The van der Waals surface area contributed by atoms with Crippen LogP contribution in [-0.4, -0.2) is 7.11 Å². The Hall–Kier alpha value is -1.21. The number of fused-ring (bicyclic) bond motifs is 1. The smallest absolute Gasteiger partial charge is 0.119 e. The van der Waals surface area contributed by atoms with Gasteiger partial charge in [0, 0.05) is 5.02 Å². The molecular formula is C14H17ClO. The van der Waals surface area contributed by atoms with Crippen molar-refractivity contribution in [3.8, 4) is 5.75 Å². The van der Waals surface area contributed by atoms with Gasteiger partial charge in [0.25, 0.3) is 0 Å². The third-order valence-corrected chi connectivity index (χ3v) is 2.24. The molecule has 0 fully saturated rings. The predicted octanol–water partition coefficient (Wildman–Crippen LogP) is 4.92. The van der Waals surface area contributed by atoms with Crippen LogP contribution in [0, 0.1) is 0 Å². The highest BCUT2D eigenvalue weighted by atomic mass is 35.5. The lowest BCUT2D eigenvalue weighted by atomic mass is 10.1. The van der Waals surface area contributed by atoms with Crippen LogP contribution >= 0.6 is 11.6 Å². The minimum atomic E-state index is 0.751. The van der Waals surface area contributed by atoms with Crippen LogP contribution in [0.15, 0.2) is 36.4 Å². The fourth-order valence-electron chi connectivity index (χ4n) is 1.32. The van der Waals surface area contributed by atoms with Crippen LogP contribution in [-0.2, 0) is 0 Å². The normalized spacial score (nSPS) is 9.50. The van der Waals surface area contributed by atoms with Gasteiger partial charge in [0.05, 0.1) is 7.11 Å². The Bertz CT molecular complexity index is 451. The topological polar surface area (TPSA) is 9.23 Å². The Morgan fingerprint density at radius 1 is 1.00 bits per heavy atom. The van der Waals surface area contributed by atoms with Crippen molar-refractivity contribution in [2.75, 3.05) is 7.11 Å². The zero-order valence-corrected chi connectivity index (χ0v) is 10.7. The first-order valence-corrected chi connectivity index (χ1v) is 5.82. The van der Waals surface area contributed by atoms with Gasteiger partial charge in [0.15, 0.2) is 0 Å². The molecule has 0 saturated carbocycles. The second kappa shape index (κ2) is 6.39. The molecule has 0 amide bonds. The maximum atomic E-state index is 5.87. The zero-order valence-electron chi connectivity index (χ0n) is 9.96. The summed E-state index contributed by atoms with van der Waals surface area (Å²) >= 11 is 5.87. The molecule has 0 saturated heterocycles. The monoisotopic (exact) mass is 236 g/mol. The Balaban J connectivity index is 0.000000386. The van der Waals surface area contributed by atoms with Crippen LogP contribution in [0.4, 0.5) is 0 Å². The number of hydrogen-bond acceptors (Lipinski definition) is 1. The van der Waals surface area contributed by atoms with Crippen molar-refractivity contribution in [2.45, 2.75) is 20.3 Å². The lowest BCUT2D eigenvalue weighted by Crippen LogP contribution is -1.81. The Kier molecular flexibility index (Phi) is 5.13. The quantitative estimate of drug-likeness (QED) is 0.683. The maximum absolute atomic E-state index is 5.87. The third kappa shape index (κ3) is 3.42. The zero-order chi connectivity index (χ0) is 12.0. The van der Waals surface area contributed by atoms with Crippen molar-refractivity contribution in [2.24, 2.45) is 0 Å². The molecule has 2 rings (SSSR count). The van der Waals surface area contributed by atoms with Crippen molar-refractivity contribution >= 4 is 22.4 Å². The van der Waals surface area contributed by atoms with E-state index in [2.05, 4.69) is 13.8 Å². The molecule has 2 aromatic rings. The summed E-state index contributed by atoms with van der Waals surface area (Å²) in [5, 5.41) is 3.03. The number of benzene rings is 2. The molecule has 0 aliphatic carbocycles. The van der Waals surface area contributed by atoms with Gasteiger partial charge in [-0.25, -0.2) is 0 Å². The van der Waals surface area contributed by atoms with E-state index in [1.165, 1.54) is 11.8 Å². The van der Waals surface area contributed by atoms with Gasteiger partial charge < -0.3 is 4.74 Å². The fourth-order valence-corrected chi connectivity index (χ4v) is 1.50. The summed E-state index contributed by atoms with van der Waals surface area (Å²) in [7, 11) is 1.66. The molecule has 86 valence electrons. The van der Waals surface area contributed by atoms with Crippen LogP contribution in [0.5, 0.6) is 5.75 Å². The van der Waals surface area contributed by atoms with Gasteiger partial charge >= 0.3 is 0 Å². The molecule has 0 aliphatic heterocycles. The van der Waals surface area contributed by atoms with E-state index < -0.39 is 0 Å². The van der Waals surface area contributed by atoms with E-state index in [1.54, 1.807) is 7.11 Å². The van der Waals surface area contributed by atoms with E-state index in [0.717, 1.165) is 16.2 Å². The summed E-state index contributed by atoms with van der Waals surface area (Å²) in [6.07, 6.45) is 1.25. The van der Waals surface area contributed by atoms with E-state index in [-0.39, 0.29) is 0 Å². The lowest BCUT2D eigenvalue weighted by Gasteiger charge is -2.02. The lowest BCUT2D eigenvalue weighted by molar-refractivity contribution is 0.415. The Labute approximate surface area is 102 Å². The average molecular weight is 237 g/mol. The summed E-state index contributed by atoms with van der Waals surface area (Å²) < 4.78 is 5.12. The summed E-state index contributed by atoms with van der Waals surface area (Å²) in [4.78, 5) is 0. The van der Waals surface area contributed by atoms with Gasteiger partial charge in [-0.05, 0) is 35.0 Å². The molecule has 0 bridgehead atoms. The molecule has 2 heteroatoms. The van der Waals surface area contributed by atoms with Gasteiger partial charge in [-0.3, -0.25) is 0 Å². The molecule has 0 heterocycles. The highest BCUT2D eigenvalue weighted by Crippen LogP contribution is 2.23. The minimum Gasteiger partial charge on any atom is -0.497 e. The van der Waals surface area contributed by atoms with Gasteiger partial charge in [-0.2, -0.15) is 0 Å². The molecule has 0 radical (unpaired) electrons. The third-order valence-electron chi connectivity index (χ3n) is 2.01. The molecule has 0 unspecified atom stereocenters. The van der Waals surface area contributed by atoms with Gasteiger partial charge in [0.1, 0.15) is 5.75 Å². The predicted molar refractivity (Wildman–Crippen MR) is 71.5 cm³/mol. The van der Waals surface area contributed by atoms with Crippen molar-refractivity contribution in [3.05, 3.63) is 41.4 Å². The molecule has 0 N–H and O–H groups in total. The summed E-state index contributed by atoms with van der Waals surface area (Å²) in [6.45, 7) is 4.25. The highest BCUT2D eigenvalue weighted by molar-refractivity contribution is 6.31. The number of methoxy groups -OCH3 is 1. The van der Waals surface area contributed by atoms with Crippen LogP contribution in [0.25, 0.3) is 10.8 Å². The van der Waals surface area contributed by atoms with Gasteiger partial charge in [0.2, 0.25) is 0 Å². The van der Waals surface area contributed by atoms with Gasteiger partial charge in [-0.15, -0.1) is 0 Å². The number of hydrogen-bond donors (Lipinski definition) is 0. The average Bonchev–Trinajstić information content (AvgIpc) is 2.29. The first-order chi connectivity index (χ1) is 7.71. The molecule has 16 heavy (non-hydrogen) atoms. The Morgan fingerprint density at radius 2 is 1.62 bits per heavy atom. The second-order valence-electron chi connectivity index (χ2n) is 3.56. The van der Waals surface area contributed by atoms with E-state index in [9.17, 15) is 0 Å². The van der Waals surface area contributed by atoms with E-state index >= 15 is 0 Å². The van der Waals surface area contributed by atoms with Crippen molar-refractivity contribution < 1.29 is 4.74 Å². The number of rotatable bonds is 1. The largest absolute Gasteiger partial charge is 0.497 e. The molecule has 0 atom stereocenters. The summed E-state index contributed by atoms with van der Waals surface area (Å²) in [5.74, 6) is 0.856. The van der Waals surface area contributed by atoms with Crippen molar-refractivity contribution in [1.82, 2.24) is 0 Å². The van der Waals surface area contributed by atoms with E-state index in [1.807, 2.05) is 36.4 Å². The van der Waals surface area contributed by atoms with Crippen LogP contribution < -0.4 is 4.74 Å². The van der Waals surface area contributed by atoms with Crippen LogP contribution in [0.3, 0.4) is 0 Å². The van der Waals surface area contributed by atoms with E-state index in [4.69, 9.17) is 16.3 Å². The fraction of sp³-hybridized carbons (Fsp3) is 0.286. The molecule has 1 nitrogen and oxygen atoms in total. The van der Waals surface area contributed by atoms with Crippen molar-refractivity contribution in [1.29, 1.82) is 0 Å². The minimum absolute atomic E-state index is 0.751. The Morgan fingerprint density at radius 3 is 2.25 bits per heavy atom. The summed E-state index contributed by atoms with van der Waals surface area (Å²) in [5.41, 5.74) is 0. The molecular weight excluding hydrogens is 220 g/mol. The van der Waals surface area contributed by atoms with Crippen LogP contribution in [0.1, 0.15) is 20.3 Å². The molecule has 0 aromatic heterocycles. The standard InChI is InChI=1S/C11H9ClO.C3H8/c1-13-11-5-3-8-2-4-10(12)6-9(8)7-11;1-3-2/h2-7H,1H3;3H2,1-2H3. The second-order valence-corrected chi connectivity index (χ2v) is 4.00. The molecule has 0 aliphatic rings. The van der Waals surface area contributed by atoms with Crippen molar-refractivity contribution in [3.63, 3.8) is 0 Å². The highest BCUT2D eigenvalue weighted by Gasteiger charge is 1.96. The first-order valence-electron chi connectivity index (χ1n) is 5.44. The number of ether oxygens (including phenoxy) is 1. The van der Waals surface area contributed by atoms with E-state index in [0.29, 0.717) is 0 Å². The first kappa shape index (κ1) is 12.9. The number of halogens is 1. The molecule has 2 aromatic carbocycles. The maximum Gasteiger partial charge on any atom is 0.119 e. The summed E-state index contributed by atoms with van der Waals surface area (Å²) in [6, 6.07) is 11.7. The van der Waals surface area contributed by atoms with Gasteiger partial charge in [-0.1, -0.05) is 44.0 Å².